The Morgan fingerprint density at radius 2 is 2.11 bits per heavy atom. The average Bonchev–Trinajstić information content (AvgIpc) is 2.86. The van der Waals surface area contributed by atoms with Gasteiger partial charge in [0.05, 0.1) is 13.2 Å². The Kier molecular flexibility index (Phi) is 4.03. The first-order valence-corrected chi connectivity index (χ1v) is 6.32. The van der Waals surface area contributed by atoms with Gasteiger partial charge in [0, 0.05) is 18.3 Å². The zero-order chi connectivity index (χ0) is 13.0. The van der Waals surface area contributed by atoms with Crippen molar-refractivity contribution in [2.24, 2.45) is 0 Å². The van der Waals surface area contributed by atoms with Crippen LogP contribution in [0.1, 0.15) is 31.4 Å². The highest BCUT2D eigenvalue weighted by Crippen LogP contribution is 2.31. The lowest BCUT2D eigenvalue weighted by molar-refractivity contribution is -0.135. The molecule has 1 aromatic carbocycles. The molecule has 0 radical (unpaired) electrons. The van der Waals surface area contributed by atoms with Crippen LogP contribution in [0.15, 0.2) is 42.1 Å². The molecule has 1 aliphatic rings. The van der Waals surface area contributed by atoms with Crippen LogP contribution in [0.4, 0.5) is 0 Å². The first-order valence-electron chi connectivity index (χ1n) is 6.32. The number of carbonyl (C=O) groups is 1. The molecule has 0 N–H and O–H groups in total. The molecule has 3 nitrogen and oxygen atoms in total. The molecule has 1 heterocycles. The van der Waals surface area contributed by atoms with Crippen LogP contribution in [0.5, 0.6) is 0 Å². The Labute approximate surface area is 108 Å². The summed E-state index contributed by atoms with van der Waals surface area (Å²) in [7, 11) is 1.42. The van der Waals surface area contributed by atoms with Gasteiger partial charge in [-0.3, -0.25) is 0 Å². The summed E-state index contributed by atoms with van der Waals surface area (Å²) in [4.78, 5) is 13.6. The maximum Gasteiger partial charge on any atom is 0.332 e. The van der Waals surface area contributed by atoms with Crippen LogP contribution in [0.25, 0.3) is 0 Å². The minimum Gasteiger partial charge on any atom is -0.466 e. The van der Waals surface area contributed by atoms with Crippen molar-refractivity contribution in [1.82, 2.24) is 4.90 Å². The number of rotatable bonds is 3. The van der Waals surface area contributed by atoms with Gasteiger partial charge in [-0.25, -0.2) is 4.79 Å². The van der Waals surface area contributed by atoms with E-state index in [0.29, 0.717) is 6.04 Å². The molecule has 1 aliphatic heterocycles. The summed E-state index contributed by atoms with van der Waals surface area (Å²) in [6.45, 7) is 3.17. The molecule has 0 aromatic heterocycles. The number of nitrogens with zero attached hydrogens (tertiary/aromatic N) is 1. The van der Waals surface area contributed by atoms with E-state index in [0.717, 1.165) is 25.1 Å². The number of methoxy groups -OCH3 is 1. The minimum absolute atomic E-state index is 0.267. The second kappa shape index (κ2) is 5.71. The highest BCUT2D eigenvalue weighted by atomic mass is 16.5. The molecular weight excluding hydrogens is 226 g/mol. The normalized spacial score (nSPS) is 19.0. The van der Waals surface area contributed by atoms with Crippen LogP contribution in [-0.2, 0) is 9.53 Å². The number of esters is 1. The molecule has 1 fully saturated rings. The summed E-state index contributed by atoms with van der Waals surface area (Å²) in [6.07, 6.45) is 3.67. The fourth-order valence-electron chi connectivity index (χ4n) is 2.42. The van der Waals surface area contributed by atoms with Gasteiger partial charge in [0.15, 0.2) is 0 Å². The Bertz CT molecular complexity index is 439. The van der Waals surface area contributed by atoms with Crippen molar-refractivity contribution in [1.29, 1.82) is 0 Å². The monoisotopic (exact) mass is 245 g/mol. The summed E-state index contributed by atoms with van der Waals surface area (Å²) >= 11 is 0. The standard InChI is InChI=1S/C15H19NO2/c1-12(13-7-4-3-5-8-13)16-10-6-9-14(16)11-15(17)18-2/h3-5,7-8,11-12H,6,9-10H2,1-2H3/b14-11+/t12-/m0/s1. The van der Waals surface area contributed by atoms with Crippen LogP contribution < -0.4 is 0 Å². The van der Waals surface area contributed by atoms with Gasteiger partial charge in [0.1, 0.15) is 0 Å². The van der Waals surface area contributed by atoms with E-state index in [1.807, 2.05) is 18.2 Å². The SMILES string of the molecule is COC(=O)/C=C1\CCCN1[C@@H](C)c1ccccc1. The molecule has 0 spiro atoms. The van der Waals surface area contributed by atoms with Crippen LogP contribution in [0.2, 0.25) is 0 Å². The number of allylic oxidation sites excluding steroid dienone is 1. The molecule has 2 rings (SSSR count). The molecule has 1 saturated heterocycles. The first-order chi connectivity index (χ1) is 8.72. The molecule has 1 atom stereocenters. The predicted molar refractivity (Wildman–Crippen MR) is 70.9 cm³/mol. The number of ether oxygens (including phenoxy) is 1. The molecule has 0 unspecified atom stereocenters. The fraction of sp³-hybridized carbons (Fsp3) is 0.400. The number of hydrogen-bond acceptors (Lipinski definition) is 3. The second-order valence-corrected chi connectivity index (χ2v) is 4.54. The van der Waals surface area contributed by atoms with Gasteiger partial charge in [0.25, 0.3) is 0 Å². The second-order valence-electron chi connectivity index (χ2n) is 4.54. The van der Waals surface area contributed by atoms with E-state index in [2.05, 4.69) is 24.0 Å². The Balaban J connectivity index is 2.17. The lowest BCUT2D eigenvalue weighted by Crippen LogP contribution is -2.22. The summed E-state index contributed by atoms with van der Waals surface area (Å²) < 4.78 is 4.70. The van der Waals surface area contributed by atoms with Gasteiger partial charge in [-0.2, -0.15) is 0 Å². The van der Waals surface area contributed by atoms with Gasteiger partial charge in [0.2, 0.25) is 0 Å². The molecule has 0 aliphatic carbocycles. The molecule has 0 amide bonds. The highest BCUT2D eigenvalue weighted by molar-refractivity contribution is 5.82. The van der Waals surface area contributed by atoms with E-state index in [1.165, 1.54) is 12.7 Å². The quantitative estimate of drug-likeness (QED) is 0.605. The molecule has 96 valence electrons. The Hall–Kier alpha value is -1.77. The first kappa shape index (κ1) is 12.7. The maximum atomic E-state index is 11.3. The van der Waals surface area contributed by atoms with Gasteiger partial charge >= 0.3 is 5.97 Å². The Morgan fingerprint density at radius 1 is 1.39 bits per heavy atom. The number of hydrogen-bond donors (Lipinski definition) is 0. The molecule has 0 bridgehead atoms. The zero-order valence-electron chi connectivity index (χ0n) is 10.9. The number of likely N-dealkylation sites (tertiary alicyclic amines) is 1. The summed E-state index contributed by atoms with van der Waals surface area (Å²) in [5.41, 5.74) is 2.35. The summed E-state index contributed by atoms with van der Waals surface area (Å²) in [5.74, 6) is -0.267. The molecular formula is C15H19NO2. The van der Waals surface area contributed by atoms with Crippen LogP contribution >= 0.6 is 0 Å². The van der Waals surface area contributed by atoms with E-state index >= 15 is 0 Å². The van der Waals surface area contributed by atoms with Crippen LogP contribution in [-0.4, -0.2) is 24.5 Å². The van der Waals surface area contributed by atoms with Crippen molar-refractivity contribution in [2.45, 2.75) is 25.8 Å². The van der Waals surface area contributed by atoms with E-state index in [9.17, 15) is 4.79 Å². The highest BCUT2D eigenvalue weighted by Gasteiger charge is 2.23. The molecule has 3 heteroatoms. The third kappa shape index (κ3) is 2.73. The van der Waals surface area contributed by atoms with Crippen molar-refractivity contribution in [3.05, 3.63) is 47.7 Å². The lowest BCUT2D eigenvalue weighted by atomic mass is 10.1. The third-order valence-electron chi connectivity index (χ3n) is 3.44. The van der Waals surface area contributed by atoms with Crippen LogP contribution in [0, 0.1) is 0 Å². The van der Waals surface area contributed by atoms with E-state index in [1.54, 1.807) is 6.08 Å². The van der Waals surface area contributed by atoms with E-state index in [-0.39, 0.29) is 5.97 Å². The third-order valence-corrected chi connectivity index (χ3v) is 3.44. The van der Waals surface area contributed by atoms with Crippen LogP contribution in [0.3, 0.4) is 0 Å². The van der Waals surface area contributed by atoms with Crippen molar-refractivity contribution in [3.8, 4) is 0 Å². The minimum atomic E-state index is -0.267. The molecule has 18 heavy (non-hydrogen) atoms. The van der Waals surface area contributed by atoms with Gasteiger partial charge in [-0.05, 0) is 25.3 Å². The van der Waals surface area contributed by atoms with E-state index < -0.39 is 0 Å². The average molecular weight is 245 g/mol. The topological polar surface area (TPSA) is 29.5 Å². The zero-order valence-corrected chi connectivity index (χ0v) is 10.9. The largest absolute Gasteiger partial charge is 0.466 e. The Morgan fingerprint density at radius 3 is 2.78 bits per heavy atom. The van der Waals surface area contributed by atoms with Gasteiger partial charge < -0.3 is 9.64 Å². The van der Waals surface area contributed by atoms with Crippen molar-refractivity contribution in [2.75, 3.05) is 13.7 Å². The predicted octanol–water partition coefficient (Wildman–Crippen LogP) is 2.90. The van der Waals surface area contributed by atoms with Gasteiger partial charge in [-0.15, -0.1) is 0 Å². The molecule has 0 saturated carbocycles. The number of carbonyl (C=O) groups excluding carboxylic acids is 1. The lowest BCUT2D eigenvalue weighted by Gasteiger charge is -2.28. The van der Waals surface area contributed by atoms with E-state index in [4.69, 9.17) is 4.74 Å². The fourth-order valence-corrected chi connectivity index (χ4v) is 2.42. The number of benzene rings is 1. The summed E-state index contributed by atoms with van der Waals surface area (Å²) in [5, 5.41) is 0. The smallest absolute Gasteiger partial charge is 0.332 e. The maximum absolute atomic E-state index is 11.3. The van der Waals surface area contributed by atoms with Crippen molar-refractivity contribution in [3.63, 3.8) is 0 Å². The van der Waals surface area contributed by atoms with Gasteiger partial charge in [-0.1, -0.05) is 30.3 Å². The molecule has 1 aromatic rings. The van der Waals surface area contributed by atoms with Crippen molar-refractivity contribution < 1.29 is 9.53 Å². The summed E-state index contributed by atoms with van der Waals surface area (Å²) in [6, 6.07) is 10.7. The van der Waals surface area contributed by atoms with Crippen molar-refractivity contribution >= 4 is 5.97 Å².